The number of hydrogen-bond donors (Lipinski definition) is 1. The summed E-state index contributed by atoms with van der Waals surface area (Å²) in [6.45, 7) is 0.409. The van der Waals surface area contributed by atoms with Crippen molar-refractivity contribution in [3.8, 4) is 0 Å². The second-order valence-corrected chi connectivity index (χ2v) is 5.64. The van der Waals surface area contributed by atoms with E-state index in [4.69, 9.17) is 5.11 Å². The molecule has 1 nitrogen and oxygen atoms in total. The Morgan fingerprint density at radius 3 is 2.38 bits per heavy atom. The van der Waals surface area contributed by atoms with E-state index in [1.807, 2.05) is 0 Å². The molecule has 0 spiro atoms. The highest BCUT2D eigenvalue weighted by Gasteiger charge is 2.50. The molecule has 1 radical (unpaired) electrons. The van der Waals surface area contributed by atoms with Crippen LogP contribution < -0.4 is 0 Å². The summed E-state index contributed by atoms with van der Waals surface area (Å²) in [6.07, 6.45) is 10.8. The molecule has 0 aromatic carbocycles. The summed E-state index contributed by atoms with van der Waals surface area (Å²) in [5, 5.41) is 9.12. The van der Waals surface area contributed by atoms with E-state index in [1.165, 1.54) is 32.1 Å². The molecular formula is C12H19O. The Hall–Kier alpha value is -0.0400. The molecule has 0 aliphatic heterocycles. The fourth-order valence-electron chi connectivity index (χ4n) is 4.48. The molecule has 1 heteroatoms. The Labute approximate surface area is 80.5 Å². The molecular weight excluding hydrogens is 160 g/mol. The highest BCUT2D eigenvalue weighted by molar-refractivity contribution is 5.08. The van der Waals surface area contributed by atoms with Gasteiger partial charge in [0.1, 0.15) is 0 Å². The van der Waals surface area contributed by atoms with Gasteiger partial charge in [-0.15, -0.1) is 0 Å². The van der Waals surface area contributed by atoms with E-state index in [9.17, 15) is 0 Å². The Morgan fingerprint density at radius 1 is 1.15 bits per heavy atom. The lowest BCUT2D eigenvalue weighted by molar-refractivity contribution is -0.0322. The van der Waals surface area contributed by atoms with Crippen LogP contribution in [0.5, 0.6) is 0 Å². The van der Waals surface area contributed by atoms with Gasteiger partial charge >= 0.3 is 0 Å². The van der Waals surface area contributed by atoms with Crippen molar-refractivity contribution in [2.24, 2.45) is 23.2 Å². The maximum Gasteiger partial charge on any atom is 0.0436 e. The molecule has 4 rings (SSSR count). The Balaban J connectivity index is 1.83. The summed E-state index contributed by atoms with van der Waals surface area (Å²) in [5.41, 5.74) is 0.569. The van der Waals surface area contributed by atoms with Crippen molar-refractivity contribution in [2.45, 2.75) is 38.5 Å². The van der Waals surface area contributed by atoms with Crippen LogP contribution in [0.4, 0.5) is 0 Å². The average molecular weight is 179 g/mol. The highest BCUT2D eigenvalue weighted by Crippen LogP contribution is 2.60. The van der Waals surface area contributed by atoms with Crippen LogP contribution in [0.2, 0.25) is 0 Å². The predicted molar refractivity (Wildman–Crippen MR) is 52.0 cm³/mol. The lowest BCUT2D eigenvalue weighted by Gasteiger charge is -2.56. The maximum atomic E-state index is 9.12. The first-order valence-electron chi connectivity index (χ1n) is 5.75. The van der Waals surface area contributed by atoms with Crippen LogP contribution in [0.3, 0.4) is 0 Å². The molecule has 13 heavy (non-hydrogen) atoms. The van der Waals surface area contributed by atoms with E-state index in [0.29, 0.717) is 12.0 Å². The number of rotatable bonds is 2. The molecule has 0 amide bonds. The smallest absolute Gasteiger partial charge is 0.0436 e. The molecule has 2 unspecified atom stereocenters. The van der Waals surface area contributed by atoms with Crippen LogP contribution >= 0.6 is 0 Å². The van der Waals surface area contributed by atoms with Gasteiger partial charge in [-0.05, 0) is 68.1 Å². The molecule has 4 aliphatic carbocycles. The second kappa shape index (κ2) is 2.73. The topological polar surface area (TPSA) is 20.2 Å². The second-order valence-electron chi connectivity index (χ2n) is 5.64. The zero-order chi connectivity index (χ0) is 8.89. The fraction of sp³-hybridized carbons (Fsp3) is 0.917. The van der Waals surface area contributed by atoms with Gasteiger partial charge < -0.3 is 5.11 Å². The van der Waals surface area contributed by atoms with Gasteiger partial charge in [-0.3, -0.25) is 0 Å². The minimum absolute atomic E-state index is 0.409. The third kappa shape index (κ3) is 1.24. The average Bonchev–Trinajstić information content (AvgIpc) is 2.00. The van der Waals surface area contributed by atoms with Crippen LogP contribution in [0.15, 0.2) is 0 Å². The summed E-state index contributed by atoms with van der Waals surface area (Å²) >= 11 is 0. The zero-order valence-electron chi connectivity index (χ0n) is 8.21. The minimum atomic E-state index is 0.409. The Kier molecular flexibility index (Phi) is 1.74. The van der Waals surface area contributed by atoms with E-state index >= 15 is 0 Å². The maximum absolute atomic E-state index is 9.12. The van der Waals surface area contributed by atoms with E-state index in [1.54, 1.807) is 0 Å². The summed E-state index contributed by atoms with van der Waals surface area (Å²) < 4.78 is 0. The molecule has 4 bridgehead atoms. The first kappa shape index (κ1) is 8.28. The molecule has 1 N–H and O–H groups in total. The Morgan fingerprint density at radius 2 is 1.85 bits per heavy atom. The summed E-state index contributed by atoms with van der Waals surface area (Å²) in [7, 11) is 0. The molecule has 0 heterocycles. The predicted octanol–water partition coefficient (Wildman–Crippen LogP) is 2.40. The number of aliphatic hydroxyl groups is 1. The third-order valence-electron chi connectivity index (χ3n) is 4.57. The van der Waals surface area contributed by atoms with Crippen molar-refractivity contribution in [1.29, 1.82) is 0 Å². The Bertz CT molecular complexity index is 174. The third-order valence-corrected chi connectivity index (χ3v) is 4.57. The van der Waals surface area contributed by atoms with Crippen molar-refractivity contribution in [1.82, 2.24) is 0 Å². The van der Waals surface area contributed by atoms with Crippen LogP contribution in [0, 0.1) is 29.6 Å². The molecule has 4 fully saturated rings. The first-order valence-corrected chi connectivity index (χ1v) is 5.75. The lowest BCUT2D eigenvalue weighted by Crippen LogP contribution is -2.46. The van der Waals surface area contributed by atoms with Gasteiger partial charge in [0.25, 0.3) is 0 Å². The highest BCUT2D eigenvalue weighted by atomic mass is 16.3. The molecule has 0 saturated heterocycles. The fourth-order valence-corrected chi connectivity index (χ4v) is 4.48. The minimum Gasteiger partial charge on any atom is -0.396 e. The van der Waals surface area contributed by atoms with Gasteiger partial charge in [-0.2, -0.15) is 0 Å². The van der Waals surface area contributed by atoms with Crippen LogP contribution in [0.1, 0.15) is 38.5 Å². The van der Waals surface area contributed by atoms with Crippen LogP contribution in [-0.4, -0.2) is 11.7 Å². The van der Waals surface area contributed by atoms with Crippen molar-refractivity contribution in [3.05, 3.63) is 6.42 Å². The van der Waals surface area contributed by atoms with Gasteiger partial charge in [0.2, 0.25) is 0 Å². The molecule has 0 aromatic rings. The number of hydrogen-bond acceptors (Lipinski definition) is 1. The SMILES string of the molecule is OCCC12CC3[CH]C(CC(C3)C1)C2. The van der Waals surface area contributed by atoms with Crippen LogP contribution in [-0.2, 0) is 0 Å². The molecule has 4 aliphatic rings. The van der Waals surface area contributed by atoms with Gasteiger partial charge in [-0.25, -0.2) is 0 Å². The van der Waals surface area contributed by atoms with Gasteiger partial charge in [0.05, 0.1) is 0 Å². The van der Waals surface area contributed by atoms with E-state index in [-0.39, 0.29) is 0 Å². The van der Waals surface area contributed by atoms with Crippen molar-refractivity contribution in [2.75, 3.05) is 6.61 Å². The van der Waals surface area contributed by atoms with E-state index in [2.05, 4.69) is 6.42 Å². The van der Waals surface area contributed by atoms with Crippen molar-refractivity contribution < 1.29 is 5.11 Å². The molecule has 73 valence electrons. The van der Waals surface area contributed by atoms with E-state index < -0.39 is 0 Å². The summed E-state index contributed by atoms with van der Waals surface area (Å²) in [6, 6.07) is 0. The molecule has 4 saturated carbocycles. The largest absolute Gasteiger partial charge is 0.396 e. The van der Waals surface area contributed by atoms with Crippen LogP contribution in [0.25, 0.3) is 0 Å². The first-order chi connectivity index (χ1) is 6.30. The van der Waals surface area contributed by atoms with Gasteiger partial charge in [-0.1, -0.05) is 0 Å². The number of aliphatic hydroxyl groups excluding tert-OH is 1. The van der Waals surface area contributed by atoms with Crippen molar-refractivity contribution >= 4 is 0 Å². The summed E-state index contributed by atoms with van der Waals surface area (Å²) in [4.78, 5) is 0. The van der Waals surface area contributed by atoms with Crippen molar-refractivity contribution in [3.63, 3.8) is 0 Å². The van der Waals surface area contributed by atoms with Gasteiger partial charge in [0, 0.05) is 6.61 Å². The normalized spacial score (nSPS) is 52.8. The van der Waals surface area contributed by atoms with Gasteiger partial charge in [0.15, 0.2) is 0 Å². The standard InChI is InChI=1S/C12H19O/c13-2-1-12-6-9-3-10(7-12)5-11(4-9)8-12/h3,9-11,13H,1-2,4-8H2. The summed E-state index contributed by atoms with van der Waals surface area (Å²) in [5.74, 6) is 2.84. The lowest BCUT2D eigenvalue weighted by atomic mass is 9.49. The quantitative estimate of drug-likeness (QED) is 0.690. The van der Waals surface area contributed by atoms with E-state index in [0.717, 1.165) is 24.2 Å². The molecule has 2 atom stereocenters. The zero-order valence-corrected chi connectivity index (χ0v) is 8.21. The monoisotopic (exact) mass is 179 g/mol. The molecule has 0 aromatic heterocycles.